The Morgan fingerprint density at radius 3 is 2.50 bits per heavy atom. The van der Waals surface area contributed by atoms with E-state index in [1.165, 1.54) is 12.5 Å². The Morgan fingerprint density at radius 1 is 1.19 bits per heavy atom. The predicted molar refractivity (Wildman–Crippen MR) is 103 cm³/mol. The normalized spacial score (nSPS) is 14.9. The number of anilines is 1. The van der Waals surface area contributed by atoms with Crippen LogP contribution in [0.1, 0.15) is 36.8 Å². The molecule has 0 saturated carbocycles. The molecule has 0 spiro atoms. The summed E-state index contributed by atoms with van der Waals surface area (Å²) in [5.41, 5.74) is 3.57. The Bertz CT molecular complexity index is 750. The summed E-state index contributed by atoms with van der Waals surface area (Å²) in [6, 6.07) is 14.1. The number of rotatable bonds is 5. The van der Waals surface area contributed by atoms with Crippen molar-refractivity contribution in [1.29, 1.82) is 0 Å². The molecule has 1 aliphatic heterocycles. The van der Waals surface area contributed by atoms with E-state index in [1.54, 1.807) is 13.2 Å². The highest BCUT2D eigenvalue weighted by molar-refractivity contribution is 5.72. The fourth-order valence-electron chi connectivity index (χ4n) is 3.47. The zero-order valence-corrected chi connectivity index (χ0v) is 15.4. The number of carbonyl (C=O) groups excluding carboxylic acids is 1. The van der Waals surface area contributed by atoms with E-state index in [0.717, 1.165) is 37.2 Å². The molecule has 0 bridgehead atoms. The summed E-state index contributed by atoms with van der Waals surface area (Å²) in [7, 11) is 1.57. The summed E-state index contributed by atoms with van der Waals surface area (Å²) >= 11 is 0. The molecule has 1 saturated heterocycles. The van der Waals surface area contributed by atoms with Crippen LogP contribution in [-0.4, -0.2) is 31.2 Å². The molecule has 0 aromatic heterocycles. The van der Waals surface area contributed by atoms with Gasteiger partial charge < -0.3 is 20.1 Å². The largest absolute Gasteiger partial charge is 0.504 e. The Balaban J connectivity index is 1.59. The number of phenolic OH excluding ortho intramolecular Hbond substituents is 1. The number of aromatic hydroxyl groups is 1. The molecule has 1 amide bonds. The van der Waals surface area contributed by atoms with Gasteiger partial charge in [0, 0.05) is 38.3 Å². The first kappa shape index (κ1) is 18.1. The highest BCUT2D eigenvalue weighted by Gasteiger charge is 2.21. The van der Waals surface area contributed by atoms with Crippen LogP contribution in [0.5, 0.6) is 11.5 Å². The van der Waals surface area contributed by atoms with Crippen molar-refractivity contribution in [3.63, 3.8) is 0 Å². The van der Waals surface area contributed by atoms with Crippen molar-refractivity contribution in [3.05, 3.63) is 53.6 Å². The molecule has 1 fully saturated rings. The van der Waals surface area contributed by atoms with Gasteiger partial charge in [0.2, 0.25) is 5.91 Å². The van der Waals surface area contributed by atoms with Crippen LogP contribution in [0.4, 0.5) is 5.69 Å². The number of benzene rings is 2. The number of amides is 1. The van der Waals surface area contributed by atoms with E-state index < -0.39 is 0 Å². The quantitative estimate of drug-likeness (QED) is 0.864. The second kappa shape index (κ2) is 8.13. The molecule has 0 unspecified atom stereocenters. The number of hydrogen-bond donors (Lipinski definition) is 2. The third-order valence-corrected chi connectivity index (χ3v) is 5.02. The van der Waals surface area contributed by atoms with Crippen LogP contribution in [0.3, 0.4) is 0 Å². The molecule has 2 N–H and O–H groups in total. The maximum atomic E-state index is 11.0. The number of carbonyl (C=O) groups is 1. The number of nitrogens with zero attached hydrogens (tertiary/aromatic N) is 1. The predicted octanol–water partition coefficient (Wildman–Crippen LogP) is 3.42. The minimum Gasteiger partial charge on any atom is -0.504 e. The van der Waals surface area contributed by atoms with Crippen molar-refractivity contribution in [2.75, 3.05) is 25.1 Å². The number of methoxy groups -OCH3 is 1. The third kappa shape index (κ3) is 4.28. The fraction of sp³-hybridized carbons (Fsp3) is 0.381. The van der Waals surface area contributed by atoms with Gasteiger partial charge in [-0.3, -0.25) is 4.79 Å². The summed E-state index contributed by atoms with van der Waals surface area (Å²) in [6.07, 6.45) is 2.18. The van der Waals surface area contributed by atoms with Crippen molar-refractivity contribution >= 4 is 11.6 Å². The average molecular weight is 354 g/mol. The van der Waals surface area contributed by atoms with Gasteiger partial charge in [-0.15, -0.1) is 0 Å². The molecule has 2 aromatic carbocycles. The molecular formula is C21H26N2O3. The fourth-order valence-corrected chi connectivity index (χ4v) is 3.47. The lowest BCUT2D eigenvalue weighted by atomic mass is 9.89. The van der Waals surface area contributed by atoms with Gasteiger partial charge in [-0.2, -0.15) is 0 Å². The Morgan fingerprint density at radius 2 is 1.88 bits per heavy atom. The van der Waals surface area contributed by atoms with Gasteiger partial charge in [0.25, 0.3) is 0 Å². The number of ether oxygens (including phenoxy) is 1. The van der Waals surface area contributed by atoms with Gasteiger partial charge in [0.15, 0.2) is 11.5 Å². The van der Waals surface area contributed by atoms with Gasteiger partial charge in [0.05, 0.1) is 7.11 Å². The molecule has 5 heteroatoms. The zero-order chi connectivity index (χ0) is 18.5. The van der Waals surface area contributed by atoms with E-state index in [0.29, 0.717) is 18.2 Å². The van der Waals surface area contributed by atoms with E-state index in [1.807, 2.05) is 12.1 Å². The molecule has 0 radical (unpaired) electrons. The SMILES string of the molecule is COc1cc(N2CCC(c3ccc(CNC(C)=O)cc3)CC2)ccc1O. The summed E-state index contributed by atoms with van der Waals surface area (Å²) in [6.45, 7) is 4.07. The van der Waals surface area contributed by atoms with Crippen molar-refractivity contribution < 1.29 is 14.6 Å². The summed E-state index contributed by atoms with van der Waals surface area (Å²) < 4.78 is 5.21. The second-order valence-electron chi connectivity index (χ2n) is 6.77. The lowest BCUT2D eigenvalue weighted by Crippen LogP contribution is -2.32. The van der Waals surface area contributed by atoms with E-state index in [2.05, 4.69) is 34.5 Å². The summed E-state index contributed by atoms with van der Waals surface area (Å²) in [5, 5.41) is 12.6. The number of piperidine rings is 1. The lowest BCUT2D eigenvalue weighted by Gasteiger charge is -2.34. The first-order valence-corrected chi connectivity index (χ1v) is 9.02. The van der Waals surface area contributed by atoms with Gasteiger partial charge in [-0.05, 0) is 42.0 Å². The summed E-state index contributed by atoms with van der Waals surface area (Å²) in [4.78, 5) is 13.3. The lowest BCUT2D eigenvalue weighted by molar-refractivity contribution is -0.119. The van der Waals surface area contributed by atoms with E-state index in [-0.39, 0.29) is 11.7 Å². The van der Waals surface area contributed by atoms with Gasteiger partial charge in [-0.1, -0.05) is 24.3 Å². The maximum absolute atomic E-state index is 11.0. The van der Waals surface area contributed by atoms with Gasteiger partial charge in [-0.25, -0.2) is 0 Å². The van der Waals surface area contributed by atoms with Crippen molar-refractivity contribution in [3.8, 4) is 11.5 Å². The first-order valence-electron chi connectivity index (χ1n) is 9.02. The minimum atomic E-state index is -0.00712. The number of hydrogen-bond acceptors (Lipinski definition) is 4. The van der Waals surface area contributed by atoms with Crippen LogP contribution < -0.4 is 15.0 Å². The highest BCUT2D eigenvalue weighted by Crippen LogP contribution is 2.34. The Kier molecular flexibility index (Phi) is 5.66. The minimum absolute atomic E-state index is 0.00712. The monoisotopic (exact) mass is 354 g/mol. The van der Waals surface area contributed by atoms with Gasteiger partial charge in [0.1, 0.15) is 0 Å². The smallest absolute Gasteiger partial charge is 0.217 e. The van der Waals surface area contributed by atoms with Crippen molar-refractivity contribution in [1.82, 2.24) is 5.32 Å². The number of phenols is 1. The molecule has 1 heterocycles. The molecule has 0 aliphatic carbocycles. The highest BCUT2D eigenvalue weighted by atomic mass is 16.5. The standard InChI is InChI=1S/C21H26N2O3/c1-15(24)22-14-16-3-5-17(6-4-16)18-9-11-23(12-10-18)19-7-8-20(25)21(13-19)26-2/h3-8,13,18,25H,9-12,14H2,1-2H3,(H,22,24). The molecule has 0 atom stereocenters. The van der Waals surface area contributed by atoms with Crippen molar-refractivity contribution in [2.45, 2.75) is 32.2 Å². The molecule has 138 valence electrons. The van der Waals surface area contributed by atoms with Crippen LogP contribution in [0.15, 0.2) is 42.5 Å². The van der Waals surface area contributed by atoms with Crippen LogP contribution in [-0.2, 0) is 11.3 Å². The molecule has 2 aromatic rings. The van der Waals surface area contributed by atoms with Crippen LogP contribution >= 0.6 is 0 Å². The Hall–Kier alpha value is -2.69. The Labute approximate surface area is 154 Å². The average Bonchev–Trinajstić information content (AvgIpc) is 2.67. The van der Waals surface area contributed by atoms with E-state index >= 15 is 0 Å². The van der Waals surface area contributed by atoms with Crippen LogP contribution in [0.25, 0.3) is 0 Å². The zero-order valence-electron chi connectivity index (χ0n) is 15.4. The van der Waals surface area contributed by atoms with Crippen LogP contribution in [0, 0.1) is 0 Å². The molecular weight excluding hydrogens is 328 g/mol. The van der Waals surface area contributed by atoms with E-state index in [4.69, 9.17) is 4.74 Å². The third-order valence-electron chi connectivity index (χ3n) is 5.02. The molecule has 1 aliphatic rings. The topological polar surface area (TPSA) is 61.8 Å². The maximum Gasteiger partial charge on any atom is 0.217 e. The molecule has 26 heavy (non-hydrogen) atoms. The number of nitrogens with one attached hydrogen (secondary N) is 1. The van der Waals surface area contributed by atoms with E-state index in [9.17, 15) is 9.90 Å². The first-order chi connectivity index (χ1) is 12.6. The summed E-state index contributed by atoms with van der Waals surface area (Å²) in [5.74, 6) is 1.23. The van der Waals surface area contributed by atoms with Gasteiger partial charge >= 0.3 is 0 Å². The second-order valence-corrected chi connectivity index (χ2v) is 6.77. The molecule has 3 rings (SSSR count). The van der Waals surface area contributed by atoms with Crippen molar-refractivity contribution in [2.24, 2.45) is 0 Å². The molecule has 5 nitrogen and oxygen atoms in total. The van der Waals surface area contributed by atoms with Crippen LogP contribution in [0.2, 0.25) is 0 Å².